The molecule has 4 nitrogen and oxygen atoms in total. The Hall–Kier alpha value is -0.840. The summed E-state index contributed by atoms with van der Waals surface area (Å²) in [6.45, 7) is 11.3. The second-order valence-electron chi connectivity index (χ2n) is 6.66. The van der Waals surface area contributed by atoms with Gasteiger partial charge in [0.2, 0.25) is 10.3 Å². The van der Waals surface area contributed by atoms with Crippen LogP contribution in [-0.4, -0.2) is 23.3 Å². The summed E-state index contributed by atoms with van der Waals surface area (Å²) in [6, 6.07) is 0. The van der Waals surface area contributed by atoms with E-state index in [2.05, 4.69) is 42.8 Å². The molecule has 1 rings (SSSR count). The lowest BCUT2D eigenvalue weighted by atomic mass is 9.96. The van der Waals surface area contributed by atoms with Gasteiger partial charge in [-0.2, -0.15) is 0 Å². The highest BCUT2D eigenvalue weighted by molar-refractivity contribution is 7.18. The van der Waals surface area contributed by atoms with Gasteiger partial charge in [-0.1, -0.05) is 77.6 Å². The monoisotopic (exact) mass is 340 g/mol. The molecule has 0 fully saturated rings. The van der Waals surface area contributed by atoms with Crippen LogP contribution in [0.3, 0.4) is 0 Å². The molecule has 0 aliphatic heterocycles. The highest BCUT2D eigenvalue weighted by Crippen LogP contribution is 2.27. The van der Waals surface area contributed by atoms with Crippen LogP contribution >= 0.6 is 11.3 Å². The SMILES string of the molecule is CCCCC(CC)CN(CC(CC)CCCC)c1nnc(N)s1. The van der Waals surface area contributed by atoms with E-state index < -0.39 is 0 Å². The van der Waals surface area contributed by atoms with Crippen LogP contribution in [-0.2, 0) is 0 Å². The van der Waals surface area contributed by atoms with E-state index in [4.69, 9.17) is 5.73 Å². The highest BCUT2D eigenvalue weighted by atomic mass is 32.1. The normalized spacial score (nSPS) is 13.9. The Morgan fingerprint density at radius 1 is 0.913 bits per heavy atom. The highest BCUT2D eigenvalue weighted by Gasteiger charge is 2.20. The van der Waals surface area contributed by atoms with Gasteiger partial charge >= 0.3 is 0 Å². The Morgan fingerprint density at radius 3 is 1.78 bits per heavy atom. The predicted molar refractivity (Wildman–Crippen MR) is 103 cm³/mol. The van der Waals surface area contributed by atoms with Crippen LogP contribution in [0.2, 0.25) is 0 Å². The molecule has 2 unspecified atom stereocenters. The van der Waals surface area contributed by atoms with E-state index >= 15 is 0 Å². The fourth-order valence-corrected chi connectivity index (χ4v) is 3.67. The number of rotatable bonds is 13. The van der Waals surface area contributed by atoms with Crippen molar-refractivity contribution in [3.63, 3.8) is 0 Å². The van der Waals surface area contributed by atoms with Crippen molar-refractivity contribution in [1.82, 2.24) is 10.2 Å². The fraction of sp³-hybridized carbons (Fsp3) is 0.889. The third kappa shape index (κ3) is 7.51. The van der Waals surface area contributed by atoms with Gasteiger partial charge in [-0.15, -0.1) is 10.2 Å². The van der Waals surface area contributed by atoms with Crippen LogP contribution in [0.1, 0.15) is 79.1 Å². The zero-order valence-electron chi connectivity index (χ0n) is 15.6. The molecule has 0 bridgehead atoms. The van der Waals surface area contributed by atoms with Gasteiger partial charge < -0.3 is 10.6 Å². The van der Waals surface area contributed by atoms with Crippen molar-refractivity contribution in [1.29, 1.82) is 0 Å². The summed E-state index contributed by atoms with van der Waals surface area (Å²) in [5.41, 5.74) is 5.82. The Bertz CT molecular complexity index is 389. The Kier molecular flexibility index (Phi) is 10.2. The minimum absolute atomic E-state index is 0.577. The van der Waals surface area contributed by atoms with Gasteiger partial charge in [0.25, 0.3) is 0 Å². The Balaban J connectivity index is 2.75. The molecule has 1 aromatic heterocycles. The van der Waals surface area contributed by atoms with Crippen LogP contribution in [0, 0.1) is 11.8 Å². The molecule has 134 valence electrons. The minimum atomic E-state index is 0.577. The maximum absolute atomic E-state index is 5.82. The number of unbranched alkanes of at least 4 members (excludes halogenated alkanes) is 2. The zero-order chi connectivity index (χ0) is 17.1. The topological polar surface area (TPSA) is 55.0 Å². The van der Waals surface area contributed by atoms with Crippen molar-refractivity contribution >= 4 is 21.6 Å². The fourth-order valence-electron chi connectivity index (χ4n) is 3.04. The number of aromatic nitrogens is 2. The van der Waals surface area contributed by atoms with E-state index in [1.54, 1.807) is 0 Å². The molecule has 0 spiro atoms. The number of hydrogen-bond acceptors (Lipinski definition) is 5. The van der Waals surface area contributed by atoms with E-state index in [0.717, 1.165) is 30.1 Å². The summed E-state index contributed by atoms with van der Waals surface area (Å²) in [4.78, 5) is 2.46. The average molecular weight is 341 g/mol. The van der Waals surface area contributed by atoms with E-state index in [1.807, 2.05) is 0 Å². The molecule has 23 heavy (non-hydrogen) atoms. The van der Waals surface area contributed by atoms with E-state index in [9.17, 15) is 0 Å². The molecule has 1 aromatic rings. The van der Waals surface area contributed by atoms with Gasteiger partial charge in [0.15, 0.2) is 0 Å². The molecule has 0 aliphatic rings. The molecule has 0 saturated carbocycles. The summed E-state index contributed by atoms with van der Waals surface area (Å²) in [6.07, 6.45) is 10.3. The lowest BCUT2D eigenvalue weighted by molar-refractivity contribution is 0.403. The second kappa shape index (κ2) is 11.7. The van der Waals surface area contributed by atoms with Crippen molar-refractivity contribution in [2.75, 3.05) is 23.7 Å². The number of anilines is 2. The van der Waals surface area contributed by atoms with Gasteiger partial charge in [0.1, 0.15) is 0 Å². The van der Waals surface area contributed by atoms with Gasteiger partial charge in [0, 0.05) is 13.1 Å². The minimum Gasteiger partial charge on any atom is -0.374 e. The third-order valence-electron chi connectivity index (χ3n) is 4.74. The average Bonchev–Trinajstić information content (AvgIpc) is 2.99. The van der Waals surface area contributed by atoms with Crippen LogP contribution in [0.5, 0.6) is 0 Å². The van der Waals surface area contributed by atoms with Gasteiger partial charge in [-0.3, -0.25) is 0 Å². The van der Waals surface area contributed by atoms with Crippen LogP contribution < -0.4 is 10.6 Å². The summed E-state index contributed by atoms with van der Waals surface area (Å²) in [7, 11) is 0. The van der Waals surface area contributed by atoms with Crippen LogP contribution in [0.15, 0.2) is 0 Å². The molecule has 1 heterocycles. The molecule has 0 radical (unpaired) electrons. The molecular formula is C18H36N4S. The smallest absolute Gasteiger partial charge is 0.210 e. The van der Waals surface area contributed by atoms with Crippen molar-refractivity contribution in [2.24, 2.45) is 11.8 Å². The lowest BCUT2D eigenvalue weighted by Gasteiger charge is -2.30. The second-order valence-corrected chi connectivity index (χ2v) is 7.65. The third-order valence-corrected chi connectivity index (χ3v) is 5.56. The molecule has 2 N–H and O–H groups in total. The van der Waals surface area contributed by atoms with Crippen molar-refractivity contribution in [3.05, 3.63) is 0 Å². The Labute approximate surface area is 146 Å². The van der Waals surface area contributed by atoms with E-state index in [0.29, 0.717) is 5.13 Å². The number of nitrogens with two attached hydrogens (primary N) is 1. The summed E-state index contributed by atoms with van der Waals surface area (Å²) in [5, 5.41) is 9.94. The summed E-state index contributed by atoms with van der Waals surface area (Å²) in [5.74, 6) is 1.48. The van der Waals surface area contributed by atoms with E-state index in [-0.39, 0.29) is 0 Å². The molecule has 0 saturated heterocycles. The van der Waals surface area contributed by atoms with Crippen LogP contribution in [0.4, 0.5) is 10.3 Å². The van der Waals surface area contributed by atoms with Gasteiger partial charge in [-0.25, -0.2) is 0 Å². The van der Waals surface area contributed by atoms with Crippen molar-refractivity contribution in [2.45, 2.75) is 79.1 Å². The van der Waals surface area contributed by atoms with Crippen molar-refractivity contribution < 1.29 is 0 Å². The Morgan fingerprint density at radius 2 is 1.43 bits per heavy atom. The summed E-state index contributed by atoms with van der Waals surface area (Å²) < 4.78 is 0. The number of nitrogen functional groups attached to an aromatic ring is 1. The van der Waals surface area contributed by atoms with Crippen LogP contribution in [0.25, 0.3) is 0 Å². The first-order valence-corrected chi connectivity index (χ1v) is 10.3. The summed E-state index contributed by atoms with van der Waals surface area (Å²) >= 11 is 1.53. The number of hydrogen-bond donors (Lipinski definition) is 1. The first kappa shape index (κ1) is 20.2. The zero-order valence-corrected chi connectivity index (χ0v) is 16.4. The predicted octanol–water partition coefficient (Wildman–Crippen LogP) is 5.36. The first-order chi connectivity index (χ1) is 11.1. The standard InChI is InChI=1S/C18H36N4S/c1-5-9-11-15(7-3)13-22(18-21-20-17(19)23-18)14-16(8-4)12-10-6-2/h15-16H,5-14H2,1-4H3,(H2,19,20). The largest absolute Gasteiger partial charge is 0.374 e. The van der Waals surface area contributed by atoms with E-state index in [1.165, 1.54) is 62.7 Å². The molecular weight excluding hydrogens is 304 g/mol. The molecule has 0 aromatic carbocycles. The van der Waals surface area contributed by atoms with Crippen molar-refractivity contribution in [3.8, 4) is 0 Å². The number of nitrogens with zero attached hydrogens (tertiary/aromatic N) is 3. The van der Waals surface area contributed by atoms with Gasteiger partial charge in [0.05, 0.1) is 0 Å². The maximum atomic E-state index is 5.82. The lowest BCUT2D eigenvalue weighted by Crippen LogP contribution is -2.34. The molecule has 0 amide bonds. The first-order valence-electron chi connectivity index (χ1n) is 9.48. The van der Waals surface area contributed by atoms with Gasteiger partial charge in [-0.05, 0) is 24.7 Å². The maximum Gasteiger partial charge on any atom is 0.210 e. The molecule has 2 atom stereocenters. The molecule has 5 heteroatoms. The quantitative estimate of drug-likeness (QED) is 0.525. The molecule has 0 aliphatic carbocycles.